The van der Waals surface area contributed by atoms with Gasteiger partial charge in [0, 0.05) is 10.8 Å². The van der Waals surface area contributed by atoms with Crippen LogP contribution in [0.2, 0.25) is 0 Å². The zero-order valence-corrected chi connectivity index (χ0v) is 12.8. The third-order valence-corrected chi connectivity index (χ3v) is 4.56. The van der Waals surface area contributed by atoms with E-state index in [4.69, 9.17) is 15.2 Å². The second-order valence-electron chi connectivity index (χ2n) is 4.81. The normalized spacial score (nSPS) is 12.3. The topological polar surface area (TPSA) is 44.5 Å². The molecule has 3 rings (SSSR count). The summed E-state index contributed by atoms with van der Waals surface area (Å²) in [5, 5.41) is 3.32. The highest BCUT2D eigenvalue weighted by Crippen LogP contribution is 2.33. The van der Waals surface area contributed by atoms with Crippen LogP contribution in [-0.2, 0) is 0 Å². The van der Waals surface area contributed by atoms with Crippen molar-refractivity contribution < 1.29 is 9.47 Å². The lowest BCUT2D eigenvalue weighted by atomic mass is 9.98. The van der Waals surface area contributed by atoms with Crippen LogP contribution in [0, 0.1) is 0 Å². The Morgan fingerprint density at radius 2 is 1.71 bits per heavy atom. The third-order valence-electron chi connectivity index (χ3n) is 3.58. The Morgan fingerprint density at radius 1 is 1.00 bits per heavy atom. The zero-order valence-electron chi connectivity index (χ0n) is 12.0. The van der Waals surface area contributed by atoms with Gasteiger partial charge in [-0.05, 0) is 40.1 Å². The number of hydrogen-bond donors (Lipinski definition) is 1. The molecule has 108 valence electrons. The molecule has 1 atom stereocenters. The van der Waals surface area contributed by atoms with Gasteiger partial charge in [0.05, 0.1) is 20.3 Å². The summed E-state index contributed by atoms with van der Waals surface area (Å²) < 4.78 is 11.9. The van der Waals surface area contributed by atoms with Crippen LogP contribution < -0.4 is 15.2 Å². The lowest BCUT2D eigenvalue weighted by molar-refractivity contribution is 0.393. The second-order valence-corrected chi connectivity index (χ2v) is 5.73. The van der Waals surface area contributed by atoms with Gasteiger partial charge in [0.2, 0.25) is 0 Å². The Bertz CT molecular complexity index is 744. The highest BCUT2D eigenvalue weighted by molar-refractivity contribution is 7.17. The van der Waals surface area contributed by atoms with Gasteiger partial charge >= 0.3 is 0 Å². The van der Waals surface area contributed by atoms with E-state index in [-0.39, 0.29) is 6.04 Å². The van der Waals surface area contributed by atoms with Crippen LogP contribution >= 0.6 is 11.3 Å². The molecule has 0 spiro atoms. The highest BCUT2D eigenvalue weighted by Gasteiger charge is 2.15. The van der Waals surface area contributed by atoms with Gasteiger partial charge in [0.15, 0.2) is 0 Å². The second kappa shape index (κ2) is 5.76. The molecule has 0 aliphatic heterocycles. The first-order valence-electron chi connectivity index (χ1n) is 6.67. The van der Waals surface area contributed by atoms with Gasteiger partial charge in [-0.2, -0.15) is 0 Å². The predicted octanol–water partition coefficient (Wildman–Crippen LogP) is 3.97. The lowest BCUT2D eigenvalue weighted by Gasteiger charge is -2.16. The Balaban J connectivity index is 2.09. The van der Waals surface area contributed by atoms with E-state index in [9.17, 15) is 0 Å². The molecule has 1 aromatic heterocycles. The number of rotatable bonds is 4. The van der Waals surface area contributed by atoms with Crippen molar-refractivity contribution in [3.63, 3.8) is 0 Å². The number of benzene rings is 2. The van der Waals surface area contributed by atoms with Crippen LogP contribution in [0.4, 0.5) is 0 Å². The third kappa shape index (κ3) is 2.60. The fourth-order valence-electron chi connectivity index (χ4n) is 2.45. The summed E-state index contributed by atoms with van der Waals surface area (Å²) in [6.07, 6.45) is 0. The minimum Gasteiger partial charge on any atom is -0.497 e. The molecule has 0 amide bonds. The molecule has 0 fully saturated rings. The molecule has 3 nitrogen and oxygen atoms in total. The van der Waals surface area contributed by atoms with E-state index < -0.39 is 0 Å². The van der Waals surface area contributed by atoms with Crippen LogP contribution in [0.15, 0.2) is 47.8 Å². The Hall–Kier alpha value is -2.04. The molecule has 0 saturated heterocycles. The number of thiophene rings is 1. The summed E-state index contributed by atoms with van der Waals surface area (Å²) in [5.41, 5.74) is 8.59. The number of fused-ring (bicyclic) bond motifs is 1. The van der Waals surface area contributed by atoms with Crippen molar-refractivity contribution in [1.29, 1.82) is 0 Å². The average molecular weight is 299 g/mol. The molecule has 0 aliphatic rings. The van der Waals surface area contributed by atoms with E-state index in [2.05, 4.69) is 23.6 Å². The molecule has 4 heteroatoms. The molecular weight excluding hydrogens is 282 g/mol. The van der Waals surface area contributed by atoms with Crippen molar-refractivity contribution >= 4 is 21.4 Å². The summed E-state index contributed by atoms with van der Waals surface area (Å²) >= 11 is 1.71. The molecule has 3 aromatic rings. The van der Waals surface area contributed by atoms with E-state index in [0.29, 0.717) is 0 Å². The Labute approximate surface area is 127 Å². The van der Waals surface area contributed by atoms with Gasteiger partial charge in [-0.25, -0.2) is 0 Å². The minimum atomic E-state index is -0.212. The average Bonchev–Trinajstić information content (AvgIpc) is 3.02. The van der Waals surface area contributed by atoms with Crippen molar-refractivity contribution in [3.05, 3.63) is 59.0 Å². The summed E-state index contributed by atoms with van der Waals surface area (Å²) in [6, 6.07) is 13.9. The molecule has 21 heavy (non-hydrogen) atoms. The fourth-order valence-corrected chi connectivity index (χ4v) is 3.40. The number of methoxy groups -OCH3 is 2. The van der Waals surface area contributed by atoms with E-state index in [1.165, 1.54) is 10.1 Å². The summed E-state index contributed by atoms with van der Waals surface area (Å²) in [4.78, 5) is 0. The van der Waals surface area contributed by atoms with Crippen LogP contribution in [0.25, 0.3) is 10.1 Å². The van der Waals surface area contributed by atoms with Crippen LogP contribution in [-0.4, -0.2) is 14.2 Å². The number of ether oxygens (including phenoxy) is 2. The minimum absolute atomic E-state index is 0.212. The summed E-state index contributed by atoms with van der Waals surface area (Å²) in [7, 11) is 3.29. The molecule has 2 N–H and O–H groups in total. The molecular formula is C17H17NO2S. The first-order valence-corrected chi connectivity index (χ1v) is 7.55. The number of hydrogen-bond acceptors (Lipinski definition) is 4. The molecule has 1 heterocycles. The standard InChI is InChI=1S/C17H17NO2S/c1-19-13-8-12(9-14(10-13)20-2)16(18)15-5-3-4-11-6-7-21-17(11)15/h3-10,16H,18H2,1-2H3. The monoisotopic (exact) mass is 299 g/mol. The Morgan fingerprint density at radius 3 is 2.38 bits per heavy atom. The van der Waals surface area contributed by atoms with Crippen molar-refractivity contribution in [1.82, 2.24) is 0 Å². The molecule has 0 aliphatic carbocycles. The van der Waals surface area contributed by atoms with Crippen LogP contribution in [0.3, 0.4) is 0 Å². The zero-order chi connectivity index (χ0) is 14.8. The summed E-state index contributed by atoms with van der Waals surface area (Å²) in [5.74, 6) is 1.50. The lowest BCUT2D eigenvalue weighted by Crippen LogP contribution is -2.12. The van der Waals surface area contributed by atoms with Crippen molar-refractivity contribution in [2.24, 2.45) is 5.73 Å². The molecule has 0 radical (unpaired) electrons. The van der Waals surface area contributed by atoms with E-state index >= 15 is 0 Å². The maximum Gasteiger partial charge on any atom is 0.122 e. The van der Waals surface area contributed by atoms with Crippen molar-refractivity contribution in [2.75, 3.05) is 14.2 Å². The highest BCUT2D eigenvalue weighted by atomic mass is 32.1. The fraction of sp³-hybridized carbons (Fsp3) is 0.176. The van der Waals surface area contributed by atoms with Gasteiger partial charge in [0.25, 0.3) is 0 Å². The van der Waals surface area contributed by atoms with Crippen molar-refractivity contribution in [2.45, 2.75) is 6.04 Å². The Kier molecular flexibility index (Phi) is 3.82. The smallest absolute Gasteiger partial charge is 0.122 e. The van der Waals surface area contributed by atoms with Gasteiger partial charge in [-0.15, -0.1) is 11.3 Å². The molecule has 0 bridgehead atoms. The first-order chi connectivity index (χ1) is 10.2. The van der Waals surface area contributed by atoms with E-state index in [1.807, 2.05) is 24.3 Å². The van der Waals surface area contributed by atoms with Gasteiger partial charge in [-0.1, -0.05) is 18.2 Å². The van der Waals surface area contributed by atoms with Gasteiger partial charge < -0.3 is 15.2 Å². The molecule has 2 aromatic carbocycles. The number of nitrogens with two attached hydrogens (primary N) is 1. The van der Waals surface area contributed by atoms with Crippen LogP contribution in [0.5, 0.6) is 11.5 Å². The van der Waals surface area contributed by atoms with E-state index in [0.717, 1.165) is 22.6 Å². The predicted molar refractivity (Wildman–Crippen MR) is 87.4 cm³/mol. The molecule has 0 saturated carbocycles. The largest absolute Gasteiger partial charge is 0.497 e. The maximum atomic E-state index is 6.48. The van der Waals surface area contributed by atoms with E-state index in [1.54, 1.807) is 25.6 Å². The van der Waals surface area contributed by atoms with Crippen LogP contribution in [0.1, 0.15) is 17.2 Å². The summed E-state index contributed by atoms with van der Waals surface area (Å²) in [6.45, 7) is 0. The van der Waals surface area contributed by atoms with Gasteiger partial charge in [-0.3, -0.25) is 0 Å². The maximum absolute atomic E-state index is 6.48. The van der Waals surface area contributed by atoms with Crippen molar-refractivity contribution in [3.8, 4) is 11.5 Å². The first kappa shape index (κ1) is 13.9. The molecule has 1 unspecified atom stereocenters. The van der Waals surface area contributed by atoms with Gasteiger partial charge in [0.1, 0.15) is 11.5 Å². The quantitative estimate of drug-likeness (QED) is 0.793. The SMILES string of the molecule is COc1cc(OC)cc(C(N)c2cccc3ccsc23)c1.